The number of carbonyl (C=O) groups excluding carboxylic acids is 1. The van der Waals surface area contributed by atoms with Gasteiger partial charge in [-0.3, -0.25) is 14.8 Å². The van der Waals surface area contributed by atoms with E-state index in [4.69, 9.17) is 9.97 Å². The number of carbonyl (C=O) groups is 1. The van der Waals surface area contributed by atoms with E-state index in [1.165, 1.54) is 23.8 Å². The fraction of sp³-hybridized carbons (Fsp3) is 0.0500. The molecule has 2 heterocycles. The number of allylic oxidation sites excluding steroid dienone is 2. The molecule has 4 heteroatoms. The molecular formula is C60H44N2O2. The summed E-state index contributed by atoms with van der Waals surface area (Å²) < 4.78 is 0. The van der Waals surface area contributed by atoms with Gasteiger partial charge in [0.2, 0.25) is 0 Å². The van der Waals surface area contributed by atoms with E-state index >= 15 is 0 Å². The maximum absolute atomic E-state index is 12.8. The lowest BCUT2D eigenvalue weighted by atomic mass is 9.86. The number of fused-ring (bicyclic) bond motifs is 2. The predicted molar refractivity (Wildman–Crippen MR) is 265 cm³/mol. The minimum Gasteiger partial charge on any atom is -0.512 e. The molecule has 0 saturated heterocycles. The Kier molecular flexibility index (Phi) is 11.0. The minimum absolute atomic E-state index is 0.0212. The summed E-state index contributed by atoms with van der Waals surface area (Å²) >= 11 is 0. The molecular weight excluding hydrogens is 781 g/mol. The zero-order valence-electron chi connectivity index (χ0n) is 35.4. The molecule has 0 spiro atoms. The second-order valence-electron chi connectivity index (χ2n) is 16.3. The van der Waals surface area contributed by atoms with E-state index in [0.717, 1.165) is 94.5 Å². The highest BCUT2D eigenvalue weighted by molar-refractivity contribution is 5.94. The van der Waals surface area contributed by atoms with Crippen LogP contribution < -0.4 is 0 Å². The Morgan fingerprint density at radius 3 is 1.23 bits per heavy atom. The molecule has 0 amide bonds. The smallest absolute Gasteiger partial charge is 0.159 e. The highest BCUT2D eigenvalue weighted by atomic mass is 16.3. The molecule has 0 radical (unpaired) electrons. The Balaban J connectivity index is 1.07. The van der Waals surface area contributed by atoms with Crippen molar-refractivity contribution < 1.29 is 9.90 Å². The summed E-state index contributed by atoms with van der Waals surface area (Å²) in [4.78, 5) is 22.3. The van der Waals surface area contributed by atoms with Crippen LogP contribution in [0.4, 0.5) is 0 Å². The number of nitrogens with zero attached hydrogens (tertiary/aromatic N) is 2. The molecule has 64 heavy (non-hydrogen) atoms. The molecule has 0 atom stereocenters. The normalized spacial score (nSPS) is 11.5. The van der Waals surface area contributed by atoms with Gasteiger partial charge in [-0.25, -0.2) is 0 Å². The average Bonchev–Trinajstić information content (AvgIpc) is 3.35. The van der Waals surface area contributed by atoms with Gasteiger partial charge in [-0.05, 0) is 116 Å². The van der Waals surface area contributed by atoms with E-state index in [2.05, 4.69) is 182 Å². The van der Waals surface area contributed by atoms with Crippen LogP contribution in [0, 0.1) is 0 Å². The molecule has 0 aliphatic rings. The van der Waals surface area contributed by atoms with E-state index in [1.807, 2.05) is 30.6 Å². The maximum Gasteiger partial charge on any atom is 0.159 e. The third-order valence-electron chi connectivity index (χ3n) is 12.0. The van der Waals surface area contributed by atoms with Crippen LogP contribution in [0.2, 0.25) is 0 Å². The number of hydrogen-bond donors (Lipinski definition) is 1. The molecule has 0 saturated carbocycles. The van der Waals surface area contributed by atoms with Gasteiger partial charge in [-0.2, -0.15) is 0 Å². The average molecular weight is 825 g/mol. The van der Waals surface area contributed by atoms with Crippen molar-refractivity contribution in [3.05, 3.63) is 230 Å². The molecule has 10 rings (SSSR count). The Morgan fingerprint density at radius 1 is 0.422 bits per heavy atom. The standard InChI is InChI=1S/C60H44N2O2/c1-40(63)32-53(64)31-30-41-12-6-7-17-54(41)50-33-51(57-20-10-8-18-55(57)42-22-26-44(27-23-42)59-36-46-13-2-4-15-48(46)38-61-59)35-52(34-50)58-21-11-9-19-56(58)43-24-28-45(29-25-43)60-37-47-14-3-5-16-49(47)39-62-60/h2-29,32-39,63H,30-31H2,1H3/b40-32-. The van der Waals surface area contributed by atoms with Crippen molar-refractivity contribution >= 4 is 27.3 Å². The molecule has 8 aromatic carbocycles. The third-order valence-corrected chi connectivity index (χ3v) is 12.0. The molecule has 0 aliphatic carbocycles. The number of aryl methyl sites for hydroxylation is 1. The number of benzene rings is 8. The van der Waals surface area contributed by atoms with Gasteiger partial charge in [-0.1, -0.05) is 170 Å². The molecule has 10 aromatic rings. The Hall–Kier alpha value is -8.21. The molecule has 0 bridgehead atoms. The fourth-order valence-corrected chi connectivity index (χ4v) is 8.77. The lowest BCUT2D eigenvalue weighted by Crippen LogP contribution is -1.99. The Morgan fingerprint density at radius 2 is 0.781 bits per heavy atom. The van der Waals surface area contributed by atoms with Crippen LogP contribution in [0.25, 0.3) is 99.7 Å². The summed E-state index contributed by atoms with van der Waals surface area (Å²) in [7, 11) is 0. The van der Waals surface area contributed by atoms with E-state index < -0.39 is 0 Å². The highest BCUT2D eigenvalue weighted by Crippen LogP contribution is 2.41. The predicted octanol–water partition coefficient (Wildman–Crippen LogP) is 15.4. The van der Waals surface area contributed by atoms with Crippen molar-refractivity contribution in [3.8, 4) is 78.1 Å². The first kappa shape index (κ1) is 39.9. The van der Waals surface area contributed by atoms with Crippen LogP contribution in [0.1, 0.15) is 18.9 Å². The van der Waals surface area contributed by atoms with Gasteiger partial charge < -0.3 is 5.11 Å². The Bertz CT molecular complexity index is 3180. The van der Waals surface area contributed by atoms with Gasteiger partial charge in [0.1, 0.15) is 0 Å². The molecule has 1 N–H and O–H groups in total. The number of pyridine rings is 2. The van der Waals surface area contributed by atoms with Crippen LogP contribution in [0.15, 0.2) is 224 Å². The summed E-state index contributed by atoms with van der Waals surface area (Å²) in [6.07, 6.45) is 6.03. The lowest BCUT2D eigenvalue weighted by molar-refractivity contribution is -0.114. The van der Waals surface area contributed by atoms with Crippen molar-refractivity contribution in [2.75, 3.05) is 0 Å². The molecule has 0 aliphatic heterocycles. The van der Waals surface area contributed by atoms with Gasteiger partial charge in [-0.15, -0.1) is 0 Å². The summed E-state index contributed by atoms with van der Waals surface area (Å²) in [6, 6.07) is 70.8. The number of aromatic nitrogens is 2. The highest BCUT2D eigenvalue weighted by Gasteiger charge is 2.17. The molecule has 306 valence electrons. The van der Waals surface area contributed by atoms with E-state index in [9.17, 15) is 9.90 Å². The third kappa shape index (κ3) is 8.37. The summed E-state index contributed by atoms with van der Waals surface area (Å²) in [5, 5.41) is 14.4. The first-order chi connectivity index (χ1) is 31.4. The number of rotatable bonds is 11. The molecule has 0 fully saturated rings. The summed E-state index contributed by atoms with van der Waals surface area (Å²) in [5.74, 6) is -0.0788. The van der Waals surface area contributed by atoms with Crippen molar-refractivity contribution in [1.29, 1.82) is 0 Å². The largest absolute Gasteiger partial charge is 0.512 e. The number of aliphatic hydroxyl groups excluding tert-OH is 1. The van der Waals surface area contributed by atoms with Gasteiger partial charge in [0.05, 0.1) is 17.1 Å². The SMILES string of the molecule is C/C(O)=C/C(=O)CCc1ccccc1-c1cc(-c2ccccc2-c2ccc(-c3cc4ccccc4cn3)cc2)cc(-c2ccccc2-c2ccc(-c3cc4ccccc4cn3)cc2)c1. The first-order valence-corrected chi connectivity index (χ1v) is 21.7. The van der Waals surface area contributed by atoms with Crippen molar-refractivity contribution in [3.63, 3.8) is 0 Å². The minimum atomic E-state index is -0.100. The van der Waals surface area contributed by atoms with Crippen molar-refractivity contribution in [2.45, 2.75) is 19.8 Å². The number of aliphatic hydroxyl groups is 1. The summed E-state index contributed by atoms with van der Waals surface area (Å²) in [6.45, 7) is 1.53. The fourth-order valence-electron chi connectivity index (χ4n) is 8.77. The molecule has 2 aromatic heterocycles. The van der Waals surface area contributed by atoms with E-state index in [-0.39, 0.29) is 11.5 Å². The van der Waals surface area contributed by atoms with Gasteiger partial charge >= 0.3 is 0 Å². The van der Waals surface area contributed by atoms with Crippen molar-refractivity contribution in [1.82, 2.24) is 9.97 Å². The van der Waals surface area contributed by atoms with Gasteiger partial charge in [0.15, 0.2) is 5.78 Å². The second-order valence-corrected chi connectivity index (χ2v) is 16.3. The molecule has 4 nitrogen and oxygen atoms in total. The zero-order chi connectivity index (χ0) is 43.4. The quantitative estimate of drug-likeness (QED) is 0.104. The number of ketones is 1. The lowest BCUT2D eigenvalue weighted by Gasteiger charge is -2.18. The maximum atomic E-state index is 12.8. The van der Waals surface area contributed by atoms with E-state index in [0.29, 0.717) is 12.8 Å². The van der Waals surface area contributed by atoms with Crippen LogP contribution in [-0.4, -0.2) is 20.9 Å². The topological polar surface area (TPSA) is 63.1 Å². The van der Waals surface area contributed by atoms with Crippen LogP contribution in [0.3, 0.4) is 0 Å². The zero-order valence-corrected chi connectivity index (χ0v) is 35.4. The first-order valence-electron chi connectivity index (χ1n) is 21.7. The van der Waals surface area contributed by atoms with E-state index in [1.54, 1.807) is 0 Å². The number of hydrogen-bond acceptors (Lipinski definition) is 4. The van der Waals surface area contributed by atoms with Crippen LogP contribution in [-0.2, 0) is 11.2 Å². The van der Waals surface area contributed by atoms with Crippen LogP contribution in [0.5, 0.6) is 0 Å². The van der Waals surface area contributed by atoms with Crippen molar-refractivity contribution in [2.24, 2.45) is 0 Å². The van der Waals surface area contributed by atoms with Crippen LogP contribution >= 0.6 is 0 Å². The summed E-state index contributed by atoms with van der Waals surface area (Å²) in [5.41, 5.74) is 16.1. The Labute approximate surface area is 373 Å². The van der Waals surface area contributed by atoms with Gasteiger partial charge in [0, 0.05) is 46.8 Å². The monoisotopic (exact) mass is 824 g/mol. The van der Waals surface area contributed by atoms with Gasteiger partial charge in [0.25, 0.3) is 0 Å². The molecule has 0 unspecified atom stereocenters. The second kappa shape index (κ2) is 17.6.